The van der Waals surface area contributed by atoms with Crippen LogP contribution in [0.25, 0.3) is 0 Å². The van der Waals surface area contributed by atoms with Crippen LogP contribution in [0.15, 0.2) is 18.2 Å². The van der Waals surface area contributed by atoms with Crippen molar-refractivity contribution < 1.29 is 14.3 Å². The van der Waals surface area contributed by atoms with Gasteiger partial charge in [-0.15, -0.1) is 0 Å². The molecule has 5 rings (SSSR count). The van der Waals surface area contributed by atoms with Gasteiger partial charge >= 0.3 is 0 Å². The van der Waals surface area contributed by atoms with Gasteiger partial charge in [0.05, 0.1) is 0 Å². The SMILES string of the molecule is CC1(C)Oc2ccc(C(=O)N[C@H]3CN4CCC3CC4)cc2O1. The van der Waals surface area contributed by atoms with Crippen LogP contribution in [0.1, 0.15) is 37.0 Å². The summed E-state index contributed by atoms with van der Waals surface area (Å²) in [5, 5.41) is 3.20. The molecule has 1 N–H and O–H groups in total. The lowest BCUT2D eigenvalue weighted by molar-refractivity contribution is -0.0431. The number of rotatable bonds is 2. The Balaban J connectivity index is 1.48. The Morgan fingerprint density at radius 2 is 1.95 bits per heavy atom. The summed E-state index contributed by atoms with van der Waals surface area (Å²) in [6.07, 6.45) is 2.39. The molecule has 0 unspecified atom stereocenters. The van der Waals surface area contributed by atoms with E-state index < -0.39 is 5.79 Å². The Labute approximate surface area is 130 Å². The molecule has 5 heteroatoms. The lowest BCUT2D eigenvalue weighted by Crippen LogP contribution is -2.57. The van der Waals surface area contributed by atoms with Crippen molar-refractivity contribution in [2.24, 2.45) is 5.92 Å². The van der Waals surface area contributed by atoms with Gasteiger partial charge in [0.1, 0.15) is 0 Å². The monoisotopic (exact) mass is 302 g/mol. The van der Waals surface area contributed by atoms with Crippen LogP contribution >= 0.6 is 0 Å². The Kier molecular flexibility index (Phi) is 3.08. The van der Waals surface area contributed by atoms with Gasteiger partial charge in [-0.3, -0.25) is 4.79 Å². The molecule has 0 aliphatic carbocycles. The molecule has 0 spiro atoms. The predicted octanol–water partition coefficient (Wildman–Crippen LogP) is 2.02. The number of nitrogens with zero attached hydrogens (tertiary/aromatic N) is 1. The maximum absolute atomic E-state index is 12.5. The summed E-state index contributed by atoms with van der Waals surface area (Å²) in [6, 6.07) is 5.67. The second-order valence-electron chi connectivity index (χ2n) is 6.98. The lowest BCUT2D eigenvalue weighted by atomic mass is 9.84. The smallest absolute Gasteiger partial charge is 0.251 e. The van der Waals surface area contributed by atoms with Gasteiger partial charge in [0.15, 0.2) is 11.5 Å². The van der Waals surface area contributed by atoms with Gasteiger partial charge in [0, 0.05) is 32.0 Å². The number of ether oxygens (including phenoxy) is 2. The fourth-order valence-electron chi connectivity index (χ4n) is 3.74. The van der Waals surface area contributed by atoms with Gasteiger partial charge in [-0.05, 0) is 50.0 Å². The Morgan fingerprint density at radius 3 is 2.64 bits per heavy atom. The number of piperidine rings is 3. The van der Waals surface area contributed by atoms with Crippen LogP contribution in [0.2, 0.25) is 0 Å². The van der Waals surface area contributed by atoms with Crippen molar-refractivity contribution in [3.8, 4) is 11.5 Å². The minimum absolute atomic E-state index is 0.0187. The van der Waals surface area contributed by atoms with E-state index in [0.717, 1.165) is 6.54 Å². The van der Waals surface area contributed by atoms with Crippen LogP contribution in [-0.2, 0) is 0 Å². The summed E-state index contributed by atoms with van der Waals surface area (Å²) in [5.74, 6) is 1.29. The molecule has 0 saturated carbocycles. The Bertz CT molecular complexity index is 606. The highest BCUT2D eigenvalue weighted by Crippen LogP contribution is 2.39. The van der Waals surface area contributed by atoms with Crippen molar-refractivity contribution in [3.05, 3.63) is 23.8 Å². The topological polar surface area (TPSA) is 50.8 Å². The zero-order valence-electron chi connectivity index (χ0n) is 13.1. The van der Waals surface area contributed by atoms with Gasteiger partial charge in [-0.1, -0.05) is 0 Å². The van der Waals surface area contributed by atoms with E-state index in [1.165, 1.54) is 25.9 Å². The van der Waals surface area contributed by atoms with Crippen LogP contribution in [-0.4, -0.2) is 42.3 Å². The maximum atomic E-state index is 12.5. The van der Waals surface area contributed by atoms with Gasteiger partial charge in [0.25, 0.3) is 5.91 Å². The van der Waals surface area contributed by atoms with Crippen LogP contribution in [0, 0.1) is 5.92 Å². The molecule has 0 radical (unpaired) electrons. The maximum Gasteiger partial charge on any atom is 0.251 e. The first-order chi connectivity index (χ1) is 10.5. The summed E-state index contributed by atoms with van der Waals surface area (Å²) < 4.78 is 11.4. The number of carbonyl (C=O) groups is 1. The summed E-state index contributed by atoms with van der Waals surface area (Å²) in [5.41, 5.74) is 0.636. The molecule has 1 aromatic carbocycles. The van der Waals surface area contributed by atoms with E-state index in [9.17, 15) is 4.79 Å². The molecule has 2 bridgehead atoms. The average Bonchev–Trinajstić information content (AvgIpc) is 2.81. The third kappa shape index (κ3) is 2.43. The summed E-state index contributed by atoms with van der Waals surface area (Å²) in [7, 11) is 0. The van der Waals surface area contributed by atoms with Crippen LogP contribution in [0.3, 0.4) is 0 Å². The van der Waals surface area contributed by atoms with Crippen molar-refractivity contribution in [1.82, 2.24) is 10.2 Å². The molecule has 3 fully saturated rings. The molecule has 22 heavy (non-hydrogen) atoms. The molecule has 4 heterocycles. The highest BCUT2D eigenvalue weighted by molar-refractivity contribution is 5.95. The second kappa shape index (κ2) is 4.88. The number of amides is 1. The van der Waals surface area contributed by atoms with Gasteiger partial charge in [0.2, 0.25) is 5.79 Å². The summed E-state index contributed by atoms with van der Waals surface area (Å²) >= 11 is 0. The lowest BCUT2D eigenvalue weighted by Gasteiger charge is -2.44. The van der Waals surface area contributed by atoms with E-state index >= 15 is 0 Å². The summed E-state index contributed by atoms with van der Waals surface area (Å²) in [6.45, 7) is 7.06. The third-order valence-electron chi connectivity index (χ3n) is 4.89. The molecule has 5 nitrogen and oxygen atoms in total. The van der Waals surface area contributed by atoms with Crippen molar-refractivity contribution in [2.45, 2.75) is 38.5 Å². The van der Waals surface area contributed by atoms with E-state index in [0.29, 0.717) is 23.0 Å². The molecule has 1 atom stereocenters. The molecule has 4 aliphatic rings. The molecule has 4 aliphatic heterocycles. The minimum Gasteiger partial charge on any atom is -0.449 e. The average molecular weight is 302 g/mol. The van der Waals surface area contributed by atoms with E-state index in [2.05, 4.69) is 10.2 Å². The third-order valence-corrected chi connectivity index (χ3v) is 4.89. The predicted molar refractivity (Wildman–Crippen MR) is 82.2 cm³/mol. The molecule has 3 saturated heterocycles. The molecule has 1 amide bonds. The minimum atomic E-state index is -0.659. The van der Waals surface area contributed by atoms with Gasteiger partial charge in [-0.2, -0.15) is 0 Å². The van der Waals surface area contributed by atoms with Crippen LogP contribution in [0.4, 0.5) is 0 Å². The van der Waals surface area contributed by atoms with Gasteiger partial charge in [-0.25, -0.2) is 0 Å². The quantitative estimate of drug-likeness (QED) is 0.908. The molecular weight excluding hydrogens is 280 g/mol. The van der Waals surface area contributed by atoms with Crippen LogP contribution < -0.4 is 14.8 Å². The summed E-state index contributed by atoms with van der Waals surface area (Å²) in [4.78, 5) is 15.0. The van der Waals surface area contributed by atoms with E-state index in [1.54, 1.807) is 12.1 Å². The molecular formula is C17H22N2O3. The Morgan fingerprint density at radius 1 is 1.23 bits per heavy atom. The van der Waals surface area contributed by atoms with E-state index in [4.69, 9.17) is 9.47 Å². The zero-order chi connectivity index (χ0) is 15.3. The number of fused-ring (bicyclic) bond motifs is 4. The number of nitrogens with one attached hydrogen (secondary N) is 1. The normalized spacial score (nSPS) is 31.1. The number of hydrogen-bond acceptors (Lipinski definition) is 4. The zero-order valence-corrected chi connectivity index (χ0v) is 13.1. The highest BCUT2D eigenvalue weighted by atomic mass is 16.7. The van der Waals surface area contributed by atoms with Crippen molar-refractivity contribution in [1.29, 1.82) is 0 Å². The van der Waals surface area contributed by atoms with Crippen molar-refractivity contribution in [2.75, 3.05) is 19.6 Å². The highest BCUT2D eigenvalue weighted by Gasteiger charge is 2.36. The first-order valence-corrected chi connectivity index (χ1v) is 8.05. The van der Waals surface area contributed by atoms with E-state index in [-0.39, 0.29) is 11.9 Å². The first-order valence-electron chi connectivity index (χ1n) is 8.05. The molecule has 1 aromatic rings. The second-order valence-corrected chi connectivity index (χ2v) is 6.98. The van der Waals surface area contributed by atoms with Crippen molar-refractivity contribution >= 4 is 5.91 Å². The fourth-order valence-corrected chi connectivity index (χ4v) is 3.74. The number of hydrogen-bond donors (Lipinski definition) is 1. The van der Waals surface area contributed by atoms with Crippen LogP contribution in [0.5, 0.6) is 11.5 Å². The molecule has 0 aromatic heterocycles. The first kappa shape index (κ1) is 13.9. The number of benzene rings is 1. The van der Waals surface area contributed by atoms with Gasteiger partial charge < -0.3 is 19.7 Å². The standard InChI is InChI=1S/C17H22N2O3/c1-17(2)21-14-4-3-12(9-15(14)22-17)16(20)18-13-10-19-7-5-11(13)6-8-19/h3-4,9,11,13H,5-8,10H2,1-2H3,(H,18,20)/t13-/m0/s1. The fraction of sp³-hybridized carbons (Fsp3) is 0.588. The Hall–Kier alpha value is -1.75. The van der Waals surface area contributed by atoms with Crippen molar-refractivity contribution in [3.63, 3.8) is 0 Å². The number of carbonyl (C=O) groups excluding carboxylic acids is 1. The largest absolute Gasteiger partial charge is 0.449 e. The van der Waals surface area contributed by atoms with E-state index in [1.807, 2.05) is 19.9 Å². The molecule has 118 valence electrons.